The van der Waals surface area contributed by atoms with Crippen LogP contribution in [0.15, 0.2) is 152 Å². The van der Waals surface area contributed by atoms with E-state index in [0.717, 1.165) is 44.3 Å². The van der Waals surface area contributed by atoms with Crippen LogP contribution in [0.2, 0.25) is 0 Å². The molecule has 0 atom stereocenters. The average Bonchev–Trinajstić information content (AvgIpc) is 3.47. The van der Waals surface area contributed by atoms with Crippen LogP contribution in [0.3, 0.4) is 0 Å². The molecular weight excluding hydrogens is 546 g/mol. The number of rotatable bonds is 3. The molecule has 0 aliphatic carbocycles. The lowest BCUT2D eigenvalue weighted by Gasteiger charge is -2.15. The van der Waals surface area contributed by atoms with E-state index >= 15 is 0 Å². The van der Waals surface area contributed by atoms with E-state index in [1.807, 2.05) is 0 Å². The SMILES string of the molecule is c1ccc(-c2ccccc2-c2nc(-n3c4cccc5c6ccccc6c6cc7ccccc7c3c6c54)nc3ccccc23)cc1. The molecule has 0 radical (unpaired) electrons. The van der Waals surface area contributed by atoms with Gasteiger partial charge in [0.15, 0.2) is 0 Å². The number of para-hydroxylation sites is 1. The molecular formula is C42H25N3. The van der Waals surface area contributed by atoms with Crippen LogP contribution in [0.25, 0.3) is 93.4 Å². The lowest BCUT2D eigenvalue weighted by atomic mass is 9.92. The van der Waals surface area contributed by atoms with Gasteiger partial charge in [-0.3, -0.25) is 4.57 Å². The summed E-state index contributed by atoms with van der Waals surface area (Å²) in [6.07, 6.45) is 0. The van der Waals surface area contributed by atoms with Crippen LogP contribution < -0.4 is 0 Å². The zero-order valence-electron chi connectivity index (χ0n) is 24.3. The number of benzene rings is 8. The normalized spacial score (nSPS) is 12.0. The molecule has 0 aliphatic heterocycles. The molecule has 3 nitrogen and oxygen atoms in total. The quantitative estimate of drug-likeness (QED) is 0.156. The van der Waals surface area contributed by atoms with Gasteiger partial charge in [-0.25, -0.2) is 9.97 Å². The highest BCUT2D eigenvalue weighted by molar-refractivity contribution is 6.38. The predicted molar refractivity (Wildman–Crippen MR) is 188 cm³/mol. The second-order valence-corrected chi connectivity index (χ2v) is 11.8. The number of aromatic nitrogens is 3. The Labute approximate surface area is 259 Å². The fourth-order valence-corrected chi connectivity index (χ4v) is 7.45. The smallest absolute Gasteiger partial charge is 0.235 e. The fourth-order valence-electron chi connectivity index (χ4n) is 7.45. The number of hydrogen-bond acceptors (Lipinski definition) is 2. The minimum atomic E-state index is 0.678. The first-order valence-corrected chi connectivity index (χ1v) is 15.4. The van der Waals surface area contributed by atoms with E-state index in [1.165, 1.54) is 43.1 Å². The van der Waals surface area contributed by atoms with E-state index in [9.17, 15) is 0 Å². The molecule has 8 aromatic carbocycles. The van der Waals surface area contributed by atoms with Gasteiger partial charge in [0.25, 0.3) is 0 Å². The Kier molecular flexibility index (Phi) is 5.00. The van der Waals surface area contributed by atoms with Crippen molar-refractivity contribution in [2.75, 3.05) is 0 Å². The van der Waals surface area contributed by atoms with Gasteiger partial charge in [-0.2, -0.15) is 0 Å². The van der Waals surface area contributed by atoms with Crippen molar-refractivity contribution >= 4 is 65.0 Å². The zero-order valence-corrected chi connectivity index (χ0v) is 24.3. The van der Waals surface area contributed by atoms with Crippen LogP contribution in [-0.4, -0.2) is 14.5 Å². The summed E-state index contributed by atoms with van der Waals surface area (Å²) in [4.78, 5) is 10.8. The van der Waals surface area contributed by atoms with Gasteiger partial charge in [-0.05, 0) is 56.3 Å². The van der Waals surface area contributed by atoms with Crippen LogP contribution in [0.1, 0.15) is 0 Å². The molecule has 0 fully saturated rings. The summed E-state index contributed by atoms with van der Waals surface area (Å²) < 4.78 is 2.31. The molecule has 208 valence electrons. The lowest BCUT2D eigenvalue weighted by Crippen LogP contribution is -2.04. The molecule has 0 amide bonds. The van der Waals surface area contributed by atoms with Gasteiger partial charge in [0, 0.05) is 27.1 Å². The van der Waals surface area contributed by atoms with Crippen molar-refractivity contribution in [3.8, 4) is 28.3 Å². The first-order chi connectivity index (χ1) is 22.3. The molecule has 3 heteroatoms. The van der Waals surface area contributed by atoms with Crippen LogP contribution in [0.5, 0.6) is 0 Å². The summed E-state index contributed by atoms with van der Waals surface area (Å²) >= 11 is 0. The highest BCUT2D eigenvalue weighted by Gasteiger charge is 2.24. The summed E-state index contributed by atoms with van der Waals surface area (Å²) in [5.74, 6) is 0.678. The molecule has 0 bridgehead atoms. The first kappa shape index (κ1) is 24.4. The summed E-state index contributed by atoms with van der Waals surface area (Å²) in [6, 6.07) is 54.0. The minimum absolute atomic E-state index is 0.678. The molecule has 0 saturated heterocycles. The summed E-state index contributed by atoms with van der Waals surface area (Å²) in [5.41, 5.74) is 7.53. The zero-order chi connectivity index (χ0) is 29.5. The Morgan fingerprint density at radius 1 is 0.422 bits per heavy atom. The molecule has 10 rings (SSSR count). The van der Waals surface area contributed by atoms with Crippen molar-refractivity contribution in [2.45, 2.75) is 0 Å². The van der Waals surface area contributed by atoms with Gasteiger partial charge >= 0.3 is 0 Å². The molecule has 0 saturated carbocycles. The van der Waals surface area contributed by atoms with Gasteiger partial charge in [-0.15, -0.1) is 0 Å². The van der Waals surface area contributed by atoms with Crippen molar-refractivity contribution in [3.05, 3.63) is 152 Å². The monoisotopic (exact) mass is 571 g/mol. The van der Waals surface area contributed by atoms with Crippen molar-refractivity contribution in [1.82, 2.24) is 14.5 Å². The third-order valence-corrected chi connectivity index (χ3v) is 9.34. The van der Waals surface area contributed by atoms with E-state index in [4.69, 9.17) is 9.97 Å². The molecule has 0 unspecified atom stereocenters. The van der Waals surface area contributed by atoms with E-state index in [2.05, 4.69) is 156 Å². The predicted octanol–water partition coefficient (Wildman–Crippen LogP) is 11.0. The van der Waals surface area contributed by atoms with Crippen molar-refractivity contribution in [2.24, 2.45) is 0 Å². The molecule has 10 aromatic rings. The highest BCUT2D eigenvalue weighted by Crippen LogP contribution is 2.46. The van der Waals surface area contributed by atoms with Gasteiger partial charge in [-0.1, -0.05) is 133 Å². The topological polar surface area (TPSA) is 30.7 Å². The number of hydrogen-bond donors (Lipinski definition) is 0. The Bertz CT molecular complexity index is 2760. The Hall–Kier alpha value is -6.06. The summed E-state index contributed by atoms with van der Waals surface area (Å²) in [5, 5.41) is 11.0. The van der Waals surface area contributed by atoms with Gasteiger partial charge in [0.05, 0.1) is 22.2 Å². The highest BCUT2D eigenvalue weighted by atomic mass is 15.2. The van der Waals surface area contributed by atoms with Gasteiger partial charge in [0.2, 0.25) is 5.95 Å². The molecule has 0 aliphatic rings. The van der Waals surface area contributed by atoms with E-state index in [0.29, 0.717) is 5.95 Å². The maximum absolute atomic E-state index is 5.49. The van der Waals surface area contributed by atoms with Crippen molar-refractivity contribution in [3.63, 3.8) is 0 Å². The number of nitrogens with zero attached hydrogens (tertiary/aromatic N) is 3. The molecule has 45 heavy (non-hydrogen) atoms. The summed E-state index contributed by atoms with van der Waals surface area (Å²) in [7, 11) is 0. The Morgan fingerprint density at radius 3 is 1.91 bits per heavy atom. The van der Waals surface area contributed by atoms with Gasteiger partial charge < -0.3 is 0 Å². The standard InChI is InChI=1S/C42H25N3/c1-2-13-26(14-3-1)28-16-6-9-20-33(28)40-34-21-10-11-23-36(34)43-42(44-40)45-37-24-12-22-32-30-18-7-8-19-31(30)35-25-27-15-4-5-17-29(27)41(45)39(35)38(32)37/h1-25H. The Morgan fingerprint density at radius 2 is 1.07 bits per heavy atom. The lowest BCUT2D eigenvalue weighted by molar-refractivity contribution is 1.02. The van der Waals surface area contributed by atoms with Crippen LogP contribution in [-0.2, 0) is 0 Å². The molecule has 0 spiro atoms. The maximum Gasteiger partial charge on any atom is 0.235 e. The molecule has 2 heterocycles. The van der Waals surface area contributed by atoms with Gasteiger partial charge in [0.1, 0.15) is 0 Å². The molecule has 0 N–H and O–H groups in total. The fraction of sp³-hybridized carbons (Fsp3) is 0. The van der Waals surface area contributed by atoms with Crippen molar-refractivity contribution < 1.29 is 0 Å². The number of fused-ring (bicyclic) bond motifs is 6. The average molecular weight is 572 g/mol. The minimum Gasteiger partial charge on any atom is -0.277 e. The van der Waals surface area contributed by atoms with E-state index < -0.39 is 0 Å². The maximum atomic E-state index is 5.49. The van der Waals surface area contributed by atoms with Crippen molar-refractivity contribution in [1.29, 1.82) is 0 Å². The van der Waals surface area contributed by atoms with Crippen LogP contribution in [0.4, 0.5) is 0 Å². The first-order valence-electron chi connectivity index (χ1n) is 15.4. The van der Waals surface area contributed by atoms with Crippen LogP contribution in [0, 0.1) is 0 Å². The Balaban J connectivity index is 1.40. The van der Waals surface area contributed by atoms with E-state index in [-0.39, 0.29) is 0 Å². The van der Waals surface area contributed by atoms with E-state index in [1.54, 1.807) is 0 Å². The third kappa shape index (κ3) is 3.41. The largest absolute Gasteiger partial charge is 0.277 e. The second kappa shape index (κ2) is 9.22. The second-order valence-electron chi connectivity index (χ2n) is 11.8. The third-order valence-electron chi connectivity index (χ3n) is 9.34. The summed E-state index contributed by atoms with van der Waals surface area (Å²) in [6.45, 7) is 0. The van der Waals surface area contributed by atoms with Crippen LogP contribution >= 0.6 is 0 Å². The molecule has 2 aromatic heterocycles.